The van der Waals surface area contributed by atoms with E-state index in [4.69, 9.17) is 4.74 Å². The lowest BCUT2D eigenvalue weighted by Crippen LogP contribution is -2.31. The first kappa shape index (κ1) is 22.4. The van der Waals surface area contributed by atoms with Crippen LogP contribution in [0.2, 0.25) is 0 Å². The molecule has 7 heteroatoms. The zero-order chi connectivity index (χ0) is 24.4. The molecule has 0 spiro atoms. The van der Waals surface area contributed by atoms with Crippen LogP contribution in [-0.4, -0.2) is 20.7 Å². The number of amides is 1. The van der Waals surface area contributed by atoms with E-state index in [1.165, 1.54) is 11.9 Å². The number of hydrogen-bond donors (Lipinski definition) is 2. The first-order valence-corrected chi connectivity index (χ1v) is 11.5. The van der Waals surface area contributed by atoms with E-state index in [0.717, 1.165) is 33.8 Å². The van der Waals surface area contributed by atoms with Gasteiger partial charge in [0.25, 0.3) is 5.91 Å². The lowest BCUT2D eigenvalue weighted by molar-refractivity contribution is -0.113. The minimum absolute atomic E-state index is 0.193. The van der Waals surface area contributed by atoms with Gasteiger partial charge < -0.3 is 15.4 Å². The molecule has 3 aromatic carbocycles. The van der Waals surface area contributed by atoms with Gasteiger partial charge in [0.15, 0.2) is 0 Å². The van der Waals surface area contributed by atoms with Crippen LogP contribution in [0, 0.1) is 13.8 Å². The standard InChI is InChI=1S/C28H27N5O2/c1-18-11-13-21(14-12-18)16-35-23-9-6-8-22(15-23)26-25(20(3)31-28-29-17-30-33(26)28)27(34)32-24-10-5-4-7-19(24)2/h4-15,17,26H,16H2,1-3H3,(H,32,34)(H,29,30,31). The molecule has 4 aromatic rings. The Morgan fingerprint density at radius 3 is 2.63 bits per heavy atom. The zero-order valence-electron chi connectivity index (χ0n) is 19.9. The molecule has 0 aliphatic carbocycles. The van der Waals surface area contributed by atoms with Gasteiger partial charge in [-0.1, -0.05) is 60.2 Å². The predicted octanol–water partition coefficient (Wildman–Crippen LogP) is 5.40. The fourth-order valence-corrected chi connectivity index (χ4v) is 4.22. The number of hydrogen-bond acceptors (Lipinski definition) is 5. The minimum Gasteiger partial charge on any atom is -0.489 e. The molecule has 1 aliphatic heterocycles. The Kier molecular flexibility index (Phi) is 6.06. The van der Waals surface area contributed by atoms with Crippen LogP contribution in [0.15, 0.2) is 90.4 Å². The summed E-state index contributed by atoms with van der Waals surface area (Å²) in [5, 5.41) is 10.7. The third-order valence-electron chi connectivity index (χ3n) is 6.13. The molecule has 0 fully saturated rings. The number of para-hydroxylation sites is 1. The van der Waals surface area contributed by atoms with Crippen LogP contribution in [-0.2, 0) is 11.4 Å². The molecule has 0 bridgehead atoms. The molecule has 7 nitrogen and oxygen atoms in total. The summed E-state index contributed by atoms with van der Waals surface area (Å²) in [6, 6.07) is 23.3. The summed E-state index contributed by atoms with van der Waals surface area (Å²) in [5.41, 5.74) is 6.26. The van der Waals surface area contributed by atoms with Crippen LogP contribution in [0.5, 0.6) is 5.75 Å². The van der Waals surface area contributed by atoms with Gasteiger partial charge in [0.05, 0.1) is 5.57 Å². The maximum atomic E-state index is 13.6. The summed E-state index contributed by atoms with van der Waals surface area (Å²) in [4.78, 5) is 17.9. The monoisotopic (exact) mass is 465 g/mol. The fraction of sp³-hybridized carbons (Fsp3) is 0.179. The second-order valence-corrected chi connectivity index (χ2v) is 8.71. The van der Waals surface area contributed by atoms with Crippen LogP contribution in [0.25, 0.3) is 0 Å². The topological polar surface area (TPSA) is 81.1 Å². The van der Waals surface area contributed by atoms with E-state index in [1.54, 1.807) is 4.68 Å². The van der Waals surface area contributed by atoms with Crippen molar-refractivity contribution in [3.8, 4) is 5.75 Å². The lowest BCUT2D eigenvalue weighted by Gasteiger charge is -2.29. The second kappa shape index (κ2) is 9.46. The van der Waals surface area contributed by atoms with E-state index in [9.17, 15) is 4.79 Å². The first-order chi connectivity index (χ1) is 17.0. The number of allylic oxidation sites excluding steroid dienone is 1. The average Bonchev–Trinajstić information content (AvgIpc) is 3.32. The number of rotatable bonds is 6. The molecule has 1 unspecified atom stereocenters. The Bertz CT molecular complexity index is 1400. The number of nitrogens with one attached hydrogen (secondary N) is 2. The van der Waals surface area contributed by atoms with Crippen molar-refractivity contribution in [1.82, 2.24) is 14.8 Å². The van der Waals surface area contributed by atoms with E-state index >= 15 is 0 Å². The van der Waals surface area contributed by atoms with E-state index in [-0.39, 0.29) is 5.91 Å². The SMILES string of the molecule is CC1=C(C(=O)Nc2ccccc2C)C(c2cccc(OCc3ccc(C)cc3)c2)n2ncnc2N1. The highest BCUT2D eigenvalue weighted by molar-refractivity contribution is 6.06. The maximum absolute atomic E-state index is 13.6. The Balaban J connectivity index is 1.46. The number of aryl methyl sites for hydroxylation is 2. The number of aromatic nitrogens is 3. The van der Waals surface area contributed by atoms with Crippen molar-refractivity contribution in [1.29, 1.82) is 0 Å². The summed E-state index contributed by atoms with van der Waals surface area (Å²) in [6.07, 6.45) is 1.49. The van der Waals surface area contributed by atoms with Gasteiger partial charge in [0.2, 0.25) is 5.95 Å². The predicted molar refractivity (Wildman–Crippen MR) is 136 cm³/mol. The van der Waals surface area contributed by atoms with Crippen molar-refractivity contribution < 1.29 is 9.53 Å². The molecule has 2 N–H and O–H groups in total. The van der Waals surface area contributed by atoms with E-state index in [0.29, 0.717) is 18.1 Å². The number of anilines is 2. The molecule has 1 amide bonds. The summed E-state index contributed by atoms with van der Waals surface area (Å²) < 4.78 is 7.82. The number of ether oxygens (including phenoxy) is 1. The first-order valence-electron chi connectivity index (χ1n) is 11.5. The Labute approximate surface area is 204 Å². The van der Waals surface area contributed by atoms with Crippen molar-refractivity contribution in [3.63, 3.8) is 0 Å². The molecule has 2 heterocycles. The molecule has 0 radical (unpaired) electrons. The van der Waals surface area contributed by atoms with Gasteiger partial charge in [0, 0.05) is 11.4 Å². The number of carbonyl (C=O) groups is 1. The van der Waals surface area contributed by atoms with Crippen molar-refractivity contribution in [2.45, 2.75) is 33.4 Å². The molecule has 5 rings (SSSR count). The van der Waals surface area contributed by atoms with Crippen molar-refractivity contribution in [3.05, 3.63) is 113 Å². The largest absolute Gasteiger partial charge is 0.489 e. The molecular formula is C28H27N5O2. The fourth-order valence-electron chi connectivity index (χ4n) is 4.22. The maximum Gasteiger partial charge on any atom is 0.255 e. The molecule has 0 saturated carbocycles. The minimum atomic E-state index is -0.458. The van der Waals surface area contributed by atoms with Gasteiger partial charge in [-0.3, -0.25) is 4.79 Å². The summed E-state index contributed by atoms with van der Waals surface area (Å²) in [7, 11) is 0. The third-order valence-corrected chi connectivity index (χ3v) is 6.13. The normalized spacial score (nSPS) is 14.8. The lowest BCUT2D eigenvalue weighted by atomic mass is 9.94. The second-order valence-electron chi connectivity index (χ2n) is 8.71. The Morgan fingerprint density at radius 2 is 1.83 bits per heavy atom. The van der Waals surface area contributed by atoms with Gasteiger partial charge in [-0.2, -0.15) is 10.1 Å². The van der Waals surface area contributed by atoms with Gasteiger partial charge in [0.1, 0.15) is 24.7 Å². The highest BCUT2D eigenvalue weighted by Crippen LogP contribution is 2.36. The molecule has 0 saturated heterocycles. The van der Waals surface area contributed by atoms with E-state index in [1.807, 2.05) is 62.4 Å². The highest BCUT2D eigenvalue weighted by Gasteiger charge is 2.33. The Hall–Kier alpha value is -4.39. The third kappa shape index (κ3) is 4.66. The molecule has 35 heavy (non-hydrogen) atoms. The molecule has 1 atom stereocenters. The number of nitrogens with zero attached hydrogens (tertiary/aromatic N) is 3. The van der Waals surface area contributed by atoms with Crippen LogP contribution < -0.4 is 15.4 Å². The Morgan fingerprint density at radius 1 is 1.03 bits per heavy atom. The highest BCUT2D eigenvalue weighted by atomic mass is 16.5. The quantitative estimate of drug-likeness (QED) is 0.398. The molecule has 1 aromatic heterocycles. The average molecular weight is 466 g/mol. The summed E-state index contributed by atoms with van der Waals surface area (Å²) in [5.74, 6) is 1.12. The van der Waals surface area contributed by atoms with Gasteiger partial charge in [-0.05, 0) is 55.7 Å². The van der Waals surface area contributed by atoms with Crippen molar-refractivity contribution in [2.24, 2.45) is 0 Å². The van der Waals surface area contributed by atoms with Crippen LogP contribution in [0.1, 0.15) is 35.2 Å². The van der Waals surface area contributed by atoms with Gasteiger partial charge in [-0.25, -0.2) is 4.68 Å². The van der Waals surface area contributed by atoms with Gasteiger partial charge in [-0.15, -0.1) is 0 Å². The van der Waals surface area contributed by atoms with Crippen LogP contribution >= 0.6 is 0 Å². The van der Waals surface area contributed by atoms with Crippen molar-refractivity contribution >= 4 is 17.5 Å². The van der Waals surface area contributed by atoms with Crippen LogP contribution in [0.3, 0.4) is 0 Å². The van der Waals surface area contributed by atoms with Crippen molar-refractivity contribution in [2.75, 3.05) is 10.6 Å². The van der Waals surface area contributed by atoms with E-state index in [2.05, 4.69) is 51.9 Å². The molecule has 176 valence electrons. The van der Waals surface area contributed by atoms with Crippen LogP contribution in [0.4, 0.5) is 11.6 Å². The summed E-state index contributed by atoms with van der Waals surface area (Å²) in [6.45, 7) is 6.38. The van der Waals surface area contributed by atoms with Gasteiger partial charge >= 0.3 is 0 Å². The molecular weight excluding hydrogens is 438 g/mol. The number of benzene rings is 3. The number of fused-ring (bicyclic) bond motifs is 1. The smallest absolute Gasteiger partial charge is 0.255 e. The zero-order valence-corrected chi connectivity index (χ0v) is 19.9. The summed E-state index contributed by atoms with van der Waals surface area (Å²) >= 11 is 0. The number of carbonyl (C=O) groups excluding carboxylic acids is 1. The molecule has 1 aliphatic rings. The van der Waals surface area contributed by atoms with E-state index < -0.39 is 6.04 Å².